The highest BCUT2D eigenvalue weighted by atomic mass is 32.1. The lowest BCUT2D eigenvalue weighted by Gasteiger charge is -2.32. The summed E-state index contributed by atoms with van der Waals surface area (Å²) in [5, 5.41) is 135. The van der Waals surface area contributed by atoms with Gasteiger partial charge in [0.1, 0.15) is 5.69 Å². The van der Waals surface area contributed by atoms with Crippen molar-refractivity contribution in [3.05, 3.63) is 22.4 Å². The number of nitrogens with two attached hydrogens (primary N) is 1. The molecule has 3 rings (SSSR count). The second-order valence-corrected chi connectivity index (χ2v) is 10.0. The van der Waals surface area contributed by atoms with Gasteiger partial charge in [0.15, 0.2) is 51.4 Å². The molecule has 1 heterocycles. The molecule has 17 N–H and O–H groups in total. The highest BCUT2D eigenvalue weighted by Gasteiger charge is 2.43. The number of nitrogen functional groups attached to an aromatic ring is 1. The maximum absolute atomic E-state index is 12.5. The first-order valence-electron chi connectivity index (χ1n) is 11.7. The number of phenols is 8. The molecule has 0 aliphatic rings. The fourth-order valence-electron chi connectivity index (χ4n) is 4.07. The normalized spacial score (nSPS) is 12.8. The Balaban J connectivity index is 1.85. The van der Waals surface area contributed by atoms with Gasteiger partial charge in [-0.2, -0.15) is 0 Å². The molecule has 236 valence electrons. The number of carbonyl (C=O) groups excluding carboxylic acids is 1. The number of hydrogen-bond donors (Lipinski definition) is 16. The maximum atomic E-state index is 12.5. The Morgan fingerprint density at radius 3 is 1.91 bits per heavy atom. The van der Waals surface area contributed by atoms with E-state index in [2.05, 4.69) is 10.3 Å². The van der Waals surface area contributed by atoms with Gasteiger partial charge in [0, 0.05) is 30.3 Å². The van der Waals surface area contributed by atoms with Crippen molar-refractivity contribution in [2.24, 2.45) is 0 Å². The van der Waals surface area contributed by atoms with E-state index in [9.17, 15) is 71.2 Å². The number of carbonyl (C=O) groups is 1. The van der Waals surface area contributed by atoms with Crippen molar-refractivity contribution in [1.29, 1.82) is 0 Å². The van der Waals surface area contributed by atoms with Crippen LogP contribution in [0.5, 0.6) is 51.1 Å². The van der Waals surface area contributed by atoms with Gasteiger partial charge in [0.05, 0.1) is 0 Å². The predicted octanol–water partition coefficient (Wildman–Crippen LogP) is -1.68. The number of anilines is 2. The number of methoxy groups -OCH3 is 1. The van der Waals surface area contributed by atoms with Crippen molar-refractivity contribution in [2.45, 2.75) is 31.1 Å². The molecule has 0 saturated carbocycles. The van der Waals surface area contributed by atoms with Gasteiger partial charge in [-0.1, -0.05) is 11.3 Å². The largest absolute Gasteiger partial charge is 0.504 e. The molecule has 0 spiro atoms. The summed E-state index contributed by atoms with van der Waals surface area (Å²) in [5.41, 5.74) is 1.79. The van der Waals surface area contributed by atoms with Gasteiger partial charge in [-0.05, 0) is 13.3 Å². The Labute approximate surface area is 243 Å². The topological polar surface area (TPSA) is 352 Å². The first kappa shape index (κ1) is 32.8. The molecule has 0 saturated heterocycles. The average Bonchev–Trinajstić information content (AvgIpc) is 3.29. The summed E-state index contributed by atoms with van der Waals surface area (Å²) in [4.78, 5) is 15.9. The Hall–Kier alpha value is -4.70. The van der Waals surface area contributed by atoms with E-state index in [1.54, 1.807) is 5.32 Å². The molecule has 43 heavy (non-hydrogen) atoms. The number of ether oxygens (including phenoxy) is 1. The highest BCUT2D eigenvalue weighted by molar-refractivity contribution is 7.17. The van der Waals surface area contributed by atoms with Crippen LogP contribution in [0.25, 0.3) is 0 Å². The van der Waals surface area contributed by atoms with E-state index in [0.29, 0.717) is 11.3 Å². The first-order chi connectivity index (χ1) is 19.8. The lowest BCUT2D eigenvalue weighted by atomic mass is 9.97. The number of aromatic hydroxyl groups is 9. The van der Waals surface area contributed by atoms with Crippen LogP contribution >= 0.6 is 11.3 Å². The number of hydrogen-bond acceptors (Lipinski definition) is 19. The van der Waals surface area contributed by atoms with Crippen molar-refractivity contribution < 1.29 is 75.9 Å². The smallest absolute Gasteiger partial charge is 0.294 e. The van der Waals surface area contributed by atoms with Crippen molar-refractivity contribution in [2.75, 3.05) is 24.7 Å². The summed E-state index contributed by atoms with van der Waals surface area (Å²) >= 11 is 0.396. The summed E-state index contributed by atoms with van der Waals surface area (Å²) in [5.74, 6) is -17.6. The zero-order chi connectivity index (χ0) is 32.8. The minimum Gasteiger partial charge on any atom is -0.504 e. The molecule has 1 unspecified atom stereocenters. The van der Waals surface area contributed by atoms with Crippen molar-refractivity contribution in [3.63, 3.8) is 0 Å². The van der Waals surface area contributed by atoms with Crippen LogP contribution < -0.4 is 16.4 Å². The summed E-state index contributed by atoms with van der Waals surface area (Å²) in [6.07, 6.45) is -2.55. The molecule has 1 atom stereocenters. The third-order valence-corrected chi connectivity index (χ3v) is 7.00. The summed E-state index contributed by atoms with van der Waals surface area (Å²) in [7, 11) is 0.965. The Kier molecular flexibility index (Phi) is 8.79. The van der Waals surface area contributed by atoms with E-state index < -0.39 is 110 Å². The van der Waals surface area contributed by atoms with Gasteiger partial charge in [0.25, 0.3) is 17.6 Å². The number of phenolic OH excluding ortho intramolecular Hbond substituents is 8. The number of thiazole rings is 1. The Bertz CT molecular complexity index is 1510. The van der Waals surface area contributed by atoms with Crippen LogP contribution in [0, 0.1) is 6.92 Å². The molecule has 1 aromatic heterocycles. The van der Waals surface area contributed by atoms with E-state index >= 15 is 0 Å². The van der Waals surface area contributed by atoms with Gasteiger partial charge in [0.2, 0.25) is 16.6 Å². The lowest BCUT2D eigenvalue weighted by Crippen LogP contribution is -2.51. The highest BCUT2D eigenvalue weighted by Crippen LogP contribution is 2.52. The zero-order valence-electron chi connectivity index (χ0n) is 22.1. The van der Waals surface area contributed by atoms with Gasteiger partial charge in [-0.15, -0.1) is 0 Å². The van der Waals surface area contributed by atoms with Crippen LogP contribution in [0.3, 0.4) is 0 Å². The minimum absolute atomic E-state index is 0.306. The van der Waals surface area contributed by atoms with Crippen LogP contribution in [-0.4, -0.2) is 96.8 Å². The first-order valence-corrected chi connectivity index (χ1v) is 12.5. The van der Waals surface area contributed by atoms with Crippen LogP contribution in [-0.2, 0) is 21.7 Å². The van der Waals surface area contributed by atoms with E-state index in [1.165, 1.54) is 0 Å². The molecule has 0 bridgehead atoms. The standard InChI is InChI=1S/C23H28N4O15S/c1-5-7(12(31)16(35)15(34)9(5)28)18(42-2)23(40,41)25-4-3-6-10(29)13(32)8(14(33)11(6)30)26-20(37)22(38,39)17-19(36)43-21(24)27-17/h18,25,28-36,38-41H,3-4H2,1-2H3,(H2,24,27)(H,26,37). The molecular formula is C23H28N4O15S. The monoisotopic (exact) mass is 632 g/mol. The van der Waals surface area contributed by atoms with Gasteiger partial charge in [-0.25, -0.2) is 4.98 Å². The quantitative estimate of drug-likeness (QED) is 0.0673. The number of rotatable bonds is 10. The molecular weight excluding hydrogens is 604 g/mol. The maximum Gasteiger partial charge on any atom is 0.294 e. The van der Waals surface area contributed by atoms with Crippen molar-refractivity contribution in [3.8, 4) is 51.1 Å². The zero-order valence-corrected chi connectivity index (χ0v) is 22.9. The fraction of sp³-hybridized carbons (Fsp3) is 0.304. The third kappa shape index (κ3) is 5.70. The van der Waals surface area contributed by atoms with Crippen molar-refractivity contribution in [1.82, 2.24) is 10.3 Å². The summed E-state index contributed by atoms with van der Waals surface area (Å²) < 4.78 is 5.01. The van der Waals surface area contributed by atoms with Gasteiger partial charge >= 0.3 is 0 Å². The number of aromatic nitrogens is 1. The van der Waals surface area contributed by atoms with Crippen LogP contribution in [0.2, 0.25) is 0 Å². The van der Waals surface area contributed by atoms with Crippen LogP contribution in [0.4, 0.5) is 10.8 Å². The van der Waals surface area contributed by atoms with E-state index in [0.717, 1.165) is 14.0 Å². The molecule has 2 aromatic carbocycles. The molecule has 0 fully saturated rings. The molecule has 0 aliphatic heterocycles. The minimum atomic E-state index is -3.56. The Morgan fingerprint density at radius 2 is 1.42 bits per heavy atom. The van der Waals surface area contributed by atoms with E-state index in [4.69, 9.17) is 10.5 Å². The van der Waals surface area contributed by atoms with Crippen molar-refractivity contribution >= 4 is 28.1 Å². The van der Waals surface area contributed by atoms with E-state index in [-0.39, 0.29) is 10.7 Å². The predicted molar refractivity (Wildman–Crippen MR) is 143 cm³/mol. The number of aliphatic hydroxyl groups is 4. The Morgan fingerprint density at radius 1 is 0.884 bits per heavy atom. The van der Waals surface area contributed by atoms with E-state index in [1.807, 2.05) is 0 Å². The lowest BCUT2D eigenvalue weighted by molar-refractivity contribution is -0.255. The summed E-state index contributed by atoms with van der Waals surface area (Å²) in [6, 6.07) is 0. The second kappa shape index (κ2) is 11.5. The molecule has 0 aliphatic carbocycles. The fourth-order valence-corrected chi connectivity index (χ4v) is 4.69. The molecule has 1 amide bonds. The number of nitrogens with one attached hydrogen (secondary N) is 2. The van der Waals surface area contributed by atoms with Crippen LogP contribution in [0.1, 0.15) is 28.5 Å². The van der Waals surface area contributed by atoms with Gasteiger partial charge in [-0.3, -0.25) is 10.1 Å². The number of nitrogens with zero attached hydrogens (tertiary/aromatic N) is 1. The molecule has 20 heteroatoms. The summed E-state index contributed by atoms with van der Waals surface area (Å²) in [6.45, 7) is 0.551. The SMILES string of the molecule is COC(c1c(C)c(O)c(O)c(O)c1O)C(O)(O)NCCc1c(O)c(O)c(NC(=O)C(O)(O)c2nc(N)sc2O)c(O)c1O. The number of benzene rings is 2. The van der Waals surface area contributed by atoms with Gasteiger partial charge < -0.3 is 82.2 Å². The second-order valence-electron chi connectivity index (χ2n) is 9.03. The molecule has 0 radical (unpaired) electrons. The third-order valence-electron chi connectivity index (χ3n) is 6.32. The number of amides is 1. The molecule has 19 nitrogen and oxygen atoms in total. The van der Waals surface area contributed by atoms with Crippen LogP contribution in [0.15, 0.2) is 0 Å². The molecule has 3 aromatic rings. The average molecular weight is 633 g/mol.